The van der Waals surface area contributed by atoms with Gasteiger partial charge in [-0.25, -0.2) is 4.98 Å². The van der Waals surface area contributed by atoms with Crippen LogP contribution in [0, 0.1) is 5.92 Å². The van der Waals surface area contributed by atoms with Gasteiger partial charge < -0.3 is 10.0 Å². The van der Waals surface area contributed by atoms with Crippen molar-refractivity contribution in [2.24, 2.45) is 5.92 Å². The third-order valence-electron chi connectivity index (χ3n) is 4.61. The van der Waals surface area contributed by atoms with Gasteiger partial charge in [0.15, 0.2) is 5.13 Å². The van der Waals surface area contributed by atoms with Crippen LogP contribution >= 0.6 is 11.3 Å². The van der Waals surface area contributed by atoms with Gasteiger partial charge in [-0.2, -0.15) is 0 Å². The van der Waals surface area contributed by atoms with E-state index in [9.17, 15) is 5.11 Å². The van der Waals surface area contributed by atoms with Gasteiger partial charge in [0.2, 0.25) is 0 Å². The second kappa shape index (κ2) is 5.80. The zero-order valence-corrected chi connectivity index (χ0v) is 12.6. The Labute approximate surface area is 119 Å². The summed E-state index contributed by atoms with van der Waals surface area (Å²) in [6.45, 7) is 4.58. The number of thiazole rings is 1. The van der Waals surface area contributed by atoms with Crippen molar-refractivity contribution in [1.29, 1.82) is 0 Å². The van der Waals surface area contributed by atoms with Gasteiger partial charge >= 0.3 is 0 Å². The Morgan fingerprint density at radius 2 is 2.16 bits per heavy atom. The van der Waals surface area contributed by atoms with E-state index in [4.69, 9.17) is 4.98 Å². The molecule has 3 nitrogen and oxygen atoms in total. The van der Waals surface area contributed by atoms with Crippen molar-refractivity contribution in [2.45, 2.75) is 58.0 Å². The molecule has 1 aromatic heterocycles. The minimum absolute atomic E-state index is 0.316. The molecule has 1 aliphatic carbocycles. The summed E-state index contributed by atoms with van der Waals surface area (Å²) in [7, 11) is 0. The first-order valence-electron chi connectivity index (χ1n) is 7.70. The predicted molar refractivity (Wildman–Crippen MR) is 79.9 cm³/mol. The van der Waals surface area contributed by atoms with Gasteiger partial charge in [0, 0.05) is 18.0 Å². The summed E-state index contributed by atoms with van der Waals surface area (Å²) < 4.78 is 0. The molecule has 1 aromatic rings. The molecule has 1 fully saturated rings. The van der Waals surface area contributed by atoms with Crippen LogP contribution < -0.4 is 4.90 Å². The molecular weight excluding hydrogens is 256 g/mol. The summed E-state index contributed by atoms with van der Waals surface area (Å²) in [5.41, 5.74) is 0.975. The van der Waals surface area contributed by atoms with Gasteiger partial charge in [-0.1, -0.05) is 13.3 Å². The highest BCUT2D eigenvalue weighted by Crippen LogP contribution is 2.37. The molecule has 2 aliphatic rings. The Hall–Kier alpha value is -0.610. The van der Waals surface area contributed by atoms with Crippen LogP contribution in [0.3, 0.4) is 0 Å². The van der Waals surface area contributed by atoms with Crippen molar-refractivity contribution in [3.05, 3.63) is 10.6 Å². The van der Waals surface area contributed by atoms with E-state index in [1.165, 1.54) is 30.6 Å². The minimum atomic E-state index is -0.316. The van der Waals surface area contributed by atoms with Crippen LogP contribution in [-0.2, 0) is 6.42 Å². The Balaban J connectivity index is 1.75. The lowest BCUT2D eigenvalue weighted by molar-refractivity contribution is 0.153. The predicted octanol–water partition coefficient (Wildman–Crippen LogP) is 3.53. The first-order valence-corrected chi connectivity index (χ1v) is 8.52. The second-order valence-corrected chi connectivity index (χ2v) is 6.97. The summed E-state index contributed by atoms with van der Waals surface area (Å²) >= 11 is 1.82. The largest absolute Gasteiger partial charge is 0.387 e. The van der Waals surface area contributed by atoms with E-state index >= 15 is 0 Å². The number of fused-ring (bicyclic) bond motifs is 1. The number of aliphatic hydroxyl groups is 1. The summed E-state index contributed by atoms with van der Waals surface area (Å²) in [5.74, 6) is 0.894. The maximum absolute atomic E-state index is 10.0. The van der Waals surface area contributed by atoms with Gasteiger partial charge in [0.05, 0.1) is 11.8 Å². The van der Waals surface area contributed by atoms with Crippen molar-refractivity contribution in [2.75, 3.05) is 18.0 Å². The molecule has 1 N–H and O–H groups in total. The van der Waals surface area contributed by atoms with E-state index in [0.717, 1.165) is 49.1 Å². The highest BCUT2D eigenvalue weighted by Gasteiger charge is 2.25. The van der Waals surface area contributed by atoms with Gasteiger partial charge in [-0.3, -0.25) is 0 Å². The molecule has 0 bridgehead atoms. The van der Waals surface area contributed by atoms with Crippen LogP contribution in [0.15, 0.2) is 0 Å². The summed E-state index contributed by atoms with van der Waals surface area (Å²) in [4.78, 5) is 8.52. The van der Waals surface area contributed by atoms with Gasteiger partial charge in [0.25, 0.3) is 0 Å². The van der Waals surface area contributed by atoms with Gasteiger partial charge in [0.1, 0.15) is 0 Å². The fraction of sp³-hybridized carbons (Fsp3) is 0.800. The number of hydrogen-bond donors (Lipinski definition) is 1. The molecule has 2 heterocycles. The summed E-state index contributed by atoms with van der Waals surface area (Å²) in [5, 5.41) is 11.2. The molecule has 0 spiro atoms. The van der Waals surface area contributed by atoms with Crippen molar-refractivity contribution < 1.29 is 5.11 Å². The highest BCUT2D eigenvalue weighted by atomic mass is 32.1. The number of nitrogens with zero attached hydrogens (tertiary/aromatic N) is 2. The van der Waals surface area contributed by atoms with Crippen LogP contribution in [0.2, 0.25) is 0 Å². The van der Waals surface area contributed by atoms with Crippen molar-refractivity contribution in [1.82, 2.24) is 4.98 Å². The Bertz CT molecular complexity index is 432. The molecule has 1 saturated heterocycles. The number of aliphatic hydroxyl groups excluding tert-OH is 1. The molecule has 106 valence electrons. The second-order valence-electron chi connectivity index (χ2n) is 5.91. The monoisotopic (exact) mass is 280 g/mol. The standard InChI is InChI=1S/C15H24N2OS/c1-2-11-5-4-9-17(10-8-11)15-16-14-12(18)6-3-7-13(14)19-15/h11-12,18H,2-10H2,1H3. The zero-order chi connectivity index (χ0) is 13.2. The third kappa shape index (κ3) is 2.79. The minimum Gasteiger partial charge on any atom is -0.387 e. The maximum Gasteiger partial charge on any atom is 0.185 e. The lowest BCUT2D eigenvalue weighted by Gasteiger charge is -2.19. The first kappa shape index (κ1) is 13.4. The van der Waals surface area contributed by atoms with Crippen molar-refractivity contribution in [3.8, 4) is 0 Å². The lowest BCUT2D eigenvalue weighted by Crippen LogP contribution is -2.24. The SMILES string of the molecule is CCC1CCCN(c2nc3c(s2)CCCC3O)CC1. The molecule has 0 aromatic carbocycles. The van der Waals surface area contributed by atoms with E-state index < -0.39 is 0 Å². The quantitative estimate of drug-likeness (QED) is 0.900. The summed E-state index contributed by atoms with van der Waals surface area (Å²) in [6, 6.07) is 0. The normalized spacial score (nSPS) is 28.0. The van der Waals surface area contributed by atoms with Crippen LogP contribution in [0.5, 0.6) is 0 Å². The third-order valence-corrected chi connectivity index (χ3v) is 5.80. The van der Waals surface area contributed by atoms with E-state index in [-0.39, 0.29) is 6.10 Å². The maximum atomic E-state index is 10.0. The van der Waals surface area contributed by atoms with E-state index in [2.05, 4.69) is 11.8 Å². The molecule has 1 aliphatic heterocycles. The topological polar surface area (TPSA) is 36.4 Å². The van der Waals surface area contributed by atoms with Crippen molar-refractivity contribution in [3.63, 3.8) is 0 Å². The van der Waals surface area contributed by atoms with Crippen LogP contribution in [0.25, 0.3) is 0 Å². The van der Waals surface area contributed by atoms with Gasteiger partial charge in [-0.05, 0) is 44.4 Å². The van der Waals surface area contributed by atoms with Crippen LogP contribution in [-0.4, -0.2) is 23.2 Å². The molecule has 3 rings (SSSR count). The van der Waals surface area contributed by atoms with Gasteiger partial charge in [-0.15, -0.1) is 11.3 Å². The summed E-state index contributed by atoms with van der Waals surface area (Å²) in [6.07, 6.45) is 8.03. The molecule has 2 atom stereocenters. The van der Waals surface area contributed by atoms with E-state index in [1.807, 2.05) is 11.3 Å². The smallest absolute Gasteiger partial charge is 0.185 e. The average molecular weight is 280 g/mol. The molecular formula is C15H24N2OS. The number of hydrogen-bond acceptors (Lipinski definition) is 4. The van der Waals surface area contributed by atoms with Crippen molar-refractivity contribution >= 4 is 16.5 Å². The lowest BCUT2D eigenvalue weighted by atomic mass is 9.98. The number of aromatic nitrogens is 1. The van der Waals surface area contributed by atoms with E-state index in [0.29, 0.717) is 0 Å². The molecule has 2 unspecified atom stereocenters. The molecule has 19 heavy (non-hydrogen) atoms. The Morgan fingerprint density at radius 3 is 2.95 bits per heavy atom. The fourth-order valence-electron chi connectivity index (χ4n) is 3.28. The molecule has 0 saturated carbocycles. The van der Waals surface area contributed by atoms with E-state index in [1.54, 1.807) is 0 Å². The molecule has 4 heteroatoms. The Kier molecular flexibility index (Phi) is 4.08. The highest BCUT2D eigenvalue weighted by molar-refractivity contribution is 7.15. The fourth-order valence-corrected chi connectivity index (χ4v) is 4.49. The number of anilines is 1. The first-order chi connectivity index (χ1) is 9.28. The van der Waals surface area contributed by atoms with Crippen LogP contribution in [0.4, 0.5) is 5.13 Å². The number of aryl methyl sites for hydroxylation is 1. The Morgan fingerprint density at radius 1 is 1.26 bits per heavy atom. The average Bonchev–Trinajstić information content (AvgIpc) is 2.71. The number of rotatable bonds is 2. The molecule has 0 radical (unpaired) electrons. The van der Waals surface area contributed by atoms with Crippen LogP contribution in [0.1, 0.15) is 62.1 Å². The molecule has 0 amide bonds. The zero-order valence-electron chi connectivity index (χ0n) is 11.8.